The van der Waals surface area contributed by atoms with Gasteiger partial charge in [0.25, 0.3) is 0 Å². The van der Waals surface area contributed by atoms with Gasteiger partial charge in [-0.2, -0.15) is 0 Å². The lowest BCUT2D eigenvalue weighted by atomic mass is 9.85. The average molecular weight is 266 g/mol. The van der Waals surface area contributed by atoms with Gasteiger partial charge in [-0.05, 0) is 24.7 Å². The zero-order valence-electron chi connectivity index (χ0n) is 12.3. The van der Waals surface area contributed by atoms with Crippen molar-refractivity contribution in [1.29, 1.82) is 0 Å². The minimum Gasteiger partial charge on any atom is -0.342 e. The van der Waals surface area contributed by atoms with E-state index in [9.17, 15) is 9.59 Å². The van der Waals surface area contributed by atoms with Crippen molar-refractivity contribution in [2.75, 3.05) is 6.54 Å². The zero-order valence-corrected chi connectivity index (χ0v) is 12.3. The Kier molecular flexibility index (Phi) is 4.48. The van der Waals surface area contributed by atoms with E-state index >= 15 is 0 Å². The largest absolute Gasteiger partial charge is 0.342 e. The summed E-state index contributed by atoms with van der Waals surface area (Å²) in [6, 6.07) is -0.0441. The molecule has 4 nitrogen and oxygen atoms in total. The summed E-state index contributed by atoms with van der Waals surface area (Å²) in [5, 5.41) is 2.87. The summed E-state index contributed by atoms with van der Waals surface area (Å²) >= 11 is 0. The maximum atomic E-state index is 12.6. The third kappa shape index (κ3) is 3.10. The number of hydrogen-bond donors (Lipinski definition) is 1. The fourth-order valence-corrected chi connectivity index (χ4v) is 3.31. The van der Waals surface area contributed by atoms with Crippen molar-refractivity contribution in [3.8, 4) is 0 Å². The monoisotopic (exact) mass is 266 g/mol. The van der Waals surface area contributed by atoms with Crippen LogP contribution in [0.15, 0.2) is 0 Å². The van der Waals surface area contributed by atoms with Crippen LogP contribution < -0.4 is 5.32 Å². The molecule has 0 bridgehead atoms. The van der Waals surface area contributed by atoms with E-state index in [1.807, 2.05) is 11.8 Å². The minimum absolute atomic E-state index is 0.00289. The van der Waals surface area contributed by atoms with Crippen LogP contribution in [0.25, 0.3) is 0 Å². The first-order valence-corrected chi connectivity index (χ1v) is 7.62. The van der Waals surface area contributed by atoms with Gasteiger partial charge in [0.05, 0.1) is 6.54 Å². The van der Waals surface area contributed by atoms with Crippen molar-refractivity contribution in [3.63, 3.8) is 0 Å². The summed E-state index contributed by atoms with van der Waals surface area (Å²) in [6.07, 6.45) is 5.43. The minimum atomic E-state index is -0.316. The fraction of sp³-hybridized carbons (Fsp3) is 0.867. The van der Waals surface area contributed by atoms with E-state index in [0.29, 0.717) is 5.92 Å². The smallest absolute Gasteiger partial charge is 0.246 e. The number of piperazine rings is 1. The van der Waals surface area contributed by atoms with Crippen LogP contribution in [0.5, 0.6) is 0 Å². The van der Waals surface area contributed by atoms with Gasteiger partial charge in [0.1, 0.15) is 6.04 Å². The molecule has 0 aromatic heterocycles. The zero-order chi connectivity index (χ0) is 14.0. The van der Waals surface area contributed by atoms with E-state index in [4.69, 9.17) is 0 Å². The highest BCUT2D eigenvalue weighted by Crippen LogP contribution is 2.29. The number of nitrogens with one attached hydrogen (secondary N) is 1. The standard InChI is InChI=1S/C15H26N2O2/c1-4-11(3)14-15(19)17(9-13(18)16-14)12-7-5-6-10(2)8-12/h10-12,14H,4-9H2,1-3H3,(H,16,18). The average Bonchev–Trinajstić information content (AvgIpc) is 2.40. The van der Waals surface area contributed by atoms with E-state index in [2.05, 4.69) is 19.2 Å². The fourth-order valence-electron chi connectivity index (χ4n) is 3.31. The molecule has 1 aliphatic heterocycles. The maximum absolute atomic E-state index is 12.6. The molecule has 108 valence electrons. The Morgan fingerprint density at radius 1 is 1.37 bits per heavy atom. The van der Waals surface area contributed by atoms with Gasteiger partial charge in [0, 0.05) is 6.04 Å². The molecule has 1 heterocycles. The molecule has 19 heavy (non-hydrogen) atoms. The molecule has 1 N–H and O–H groups in total. The summed E-state index contributed by atoms with van der Waals surface area (Å²) in [5.74, 6) is 1.01. The maximum Gasteiger partial charge on any atom is 0.246 e. The van der Waals surface area contributed by atoms with Crippen LogP contribution in [0.4, 0.5) is 0 Å². The van der Waals surface area contributed by atoms with Gasteiger partial charge in [-0.1, -0.05) is 40.0 Å². The molecule has 4 unspecified atom stereocenters. The van der Waals surface area contributed by atoms with E-state index in [1.54, 1.807) is 0 Å². The quantitative estimate of drug-likeness (QED) is 0.848. The third-order valence-corrected chi connectivity index (χ3v) is 4.74. The van der Waals surface area contributed by atoms with E-state index in [0.717, 1.165) is 19.3 Å². The molecule has 2 amide bonds. The molecule has 0 spiro atoms. The van der Waals surface area contributed by atoms with Gasteiger partial charge >= 0.3 is 0 Å². The van der Waals surface area contributed by atoms with Gasteiger partial charge in [-0.25, -0.2) is 0 Å². The lowest BCUT2D eigenvalue weighted by Gasteiger charge is -2.42. The lowest BCUT2D eigenvalue weighted by molar-refractivity contribution is -0.149. The number of nitrogens with zero attached hydrogens (tertiary/aromatic N) is 1. The van der Waals surface area contributed by atoms with Crippen LogP contribution in [0.3, 0.4) is 0 Å². The summed E-state index contributed by atoms with van der Waals surface area (Å²) < 4.78 is 0. The highest BCUT2D eigenvalue weighted by molar-refractivity contribution is 5.95. The highest BCUT2D eigenvalue weighted by atomic mass is 16.2. The molecule has 2 fully saturated rings. The molecule has 0 aromatic rings. The number of amides is 2. The molecule has 2 rings (SSSR count). The van der Waals surface area contributed by atoms with Gasteiger partial charge in [-0.3, -0.25) is 9.59 Å². The molecule has 0 radical (unpaired) electrons. The Morgan fingerprint density at radius 3 is 2.74 bits per heavy atom. The number of carbonyl (C=O) groups is 2. The molecule has 1 saturated heterocycles. The van der Waals surface area contributed by atoms with Gasteiger partial charge in [0.15, 0.2) is 0 Å². The molecule has 2 aliphatic rings. The van der Waals surface area contributed by atoms with Crippen molar-refractivity contribution in [2.45, 2.75) is 65.0 Å². The summed E-state index contributed by atoms with van der Waals surface area (Å²) in [4.78, 5) is 26.3. The molecule has 1 aliphatic carbocycles. The lowest BCUT2D eigenvalue weighted by Crippen LogP contribution is -2.62. The second kappa shape index (κ2) is 5.93. The predicted octanol–water partition coefficient (Wildman–Crippen LogP) is 1.94. The highest BCUT2D eigenvalue weighted by Gasteiger charge is 2.39. The van der Waals surface area contributed by atoms with E-state index < -0.39 is 0 Å². The third-order valence-electron chi connectivity index (χ3n) is 4.74. The molecule has 0 aromatic carbocycles. The van der Waals surface area contributed by atoms with E-state index in [-0.39, 0.29) is 36.4 Å². The van der Waals surface area contributed by atoms with E-state index in [1.165, 1.54) is 12.8 Å². The second-order valence-electron chi connectivity index (χ2n) is 6.32. The van der Waals surface area contributed by atoms with Gasteiger partial charge in [0.2, 0.25) is 11.8 Å². The normalized spacial score (nSPS) is 34.1. The number of carbonyl (C=O) groups excluding carboxylic acids is 2. The molecular weight excluding hydrogens is 240 g/mol. The number of rotatable bonds is 3. The Hall–Kier alpha value is -1.06. The Morgan fingerprint density at radius 2 is 2.11 bits per heavy atom. The van der Waals surface area contributed by atoms with Gasteiger partial charge < -0.3 is 10.2 Å². The van der Waals surface area contributed by atoms with Crippen LogP contribution in [-0.4, -0.2) is 35.3 Å². The van der Waals surface area contributed by atoms with Crippen LogP contribution in [0, 0.1) is 11.8 Å². The van der Waals surface area contributed by atoms with Crippen LogP contribution in [0.1, 0.15) is 52.9 Å². The summed E-state index contributed by atoms with van der Waals surface area (Å²) in [7, 11) is 0. The molecule has 4 heteroatoms. The van der Waals surface area contributed by atoms with Crippen molar-refractivity contribution < 1.29 is 9.59 Å². The Bertz CT molecular complexity index is 356. The van der Waals surface area contributed by atoms with Crippen LogP contribution in [0.2, 0.25) is 0 Å². The SMILES string of the molecule is CCC(C)C1NC(=O)CN(C2CCCC(C)C2)C1=O. The Labute approximate surface area is 115 Å². The molecule has 4 atom stereocenters. The van der Waals surface area contributed by atoms with Crippen LogP contribution >= 0.6 is 0 Å². The summed E-state index contributed by atoms with van der Waals surface area (Å²) in [6.45, 7) is 6.59. The molecule has 1 saturated carbocycles. The topological polar surface area (TPSA) is 49.4 Å². The Balaban J connectivity index is 2.10. The first kappa shape index (κ1) is 14.4. The second-order valence-corrected chi connectivity index (χ2v) is 6.32. The first-order valence-electron chi connectivity index (χ1n) is 7.62. The first-order chi connectivity index (χ1) is 9.02. The van der Waals surface area contributed by atoms with Crippen molar-refractivity contribution in [1.82, 2.24) is 10.2 Å². The molecular formula is C15H26N2O2. The predicted molar refractivity (Wildman–Crippen MR) is 74.5 cm³/mol. The number of hydrogen-bond acceptors (Lipinski definition) is 2. The van der Waals surface area contributed by atoms with Crippen molar-refractivity contribution in [2.24, 2.45) is 11.8 Å². The van der Waals surface area contributed by atoms with Crippen molar-refractivity contribution in [3.05, 3.63) is 0 Å². The van der Waals surface area contributed by atoms with Crippen LogP contribution in [-0.2, 0) is 9.59 Å². The summed E-state index contributed by atoms with van der Waals surface area (Å²) in [5.41, 5.74) is 0. The van der Waals surface area contributed by atoms with Gasteiger partial charge in [-0.15, -0.1) is 0 Å². The van der Waals surface area contributed by atoms with Crippen molar-refractivity contribution >= 4 is 11.8 Å².